The highest BCUT2D eigenvalue weighted by Crippen LogP contribution is 2.38. The van der Waals surface area contributed by atoms with Crippen molar-refractivity contribution in [2.75, 3.05) is 20.3 Å². The van der Waals surface area contributed by atoms with Gasteiger partial charge in [0.15, 0.2) is 0 Å². The Kier molecular flexibility index (Phi) is 6.84. The third-order valence-corrected chi connectivity index (χ3v) is 6.83. The minimum atomic E-state index is -3.90. The van der Waals surface area contributed by atoms with Crippen LogP contribution < -0.4 is 4.72 Å². The molecule has 28 heavy (non-hydrogen) atoms. The summed E-state index contributed by atoms with van der Waals surface area (Å²) in [5.74, 6) is -0.106. The van der Waals surface area contributed by atoms with Gasteiger partial charge in [-0.15, -0.1) is 0 Å². The van der Waals surface area contributed by atoms with Crippen molar-refractivity contribution in [3.8, 4) is 0 Å². The van der Waals surface area contributed by atoms with Crippen LogP contribution in [0.5, 0.6) is 0 Å². The number of halogens is 2. The number of hydrogen-bond donors (Lipinski definition) is 2. The Balaban J connectivity index is 1.96. The Hall–Kier alpha value is -0.960. The maximum atomic E-state index is 12.5. The van der Waals surface area contributed by atoms with Crippen LogP contribution in [-0.2, 0) is 25.7 Å². The lowest BCUT2D eigenvalue weighted by Gasteiger charge is -2.33. The summed E-state index contributed by atoms with van der Waals surface area (Å²) in [5, 5.41) is 1.11. The van der Waals surface area contributed by atoms with Crippen molar-refractivity contribution < 1.29 is 22.4 Å². The molecule has 2 N–H and O–H groups in total. The van der Waals surface area contributed by atoms with Crippen LogP contribution in [0.25, 0.3) is 0 Å². The molecule has 0 spiro atoms. The monoisotopic (exact) mass is 464 g/mol. The summed E-state index contributed by atoms with van der Waals surface area (Å²) >= 11 is 12.6. The first-order valence-corrected chi connectivity index (χ1v) is 11.8. The van der Waals surface area contributed by atoms with Crippen molar-refractivity contribution in [2.45, 2.75) is 17.4 Å². The lowest BCUT2D eigenvalue weighted by molar-refractivity contribution is 0.277. The number of nitrogens with one attached hydrogen (secondary N) is 1. The molecular weight excluding hydrogens is 446 g/mol. The summed E-state index contributed by atoms with van der Waals surface area (Å²) in [7, 11) is -5.15. The molecular formula is C17H19Cl2N2O5PS. The predicted octanol–water partition coefficient (Wildman–Crippen LogP) is 3.21. The van der Waals surface area contributed by atoms with Crippen molar-refractivity contribution in [2.24, 2.45) is 0 Å². The second kappa shape index (κ2) is 8.81. The van der Waals surface area contributed by atoms with E-state index in [1.807, 2.05) is 19.2 Å². The highest BCUT2D eigenvalue weighted by molar-refractivity contribution is 7.89. The molecule has 0 aromatic heterocycles. The van der Waals surface area contributed by atoms with Gasteiger partial charge in [-0.25, -0.2) is 8.42 Å². The highest BCUT2D eigenvalue weighted by Gasteiger charge is 2.28. The average Bonchev–Trinajstić information content (AvgIpc) is 2.61. The summed E-state index contributed by atoms with van der Waals surface area (Å²) in [6.45, 7) is 0.774. The first-order chi connectivity index (χ1) is 13.2. The van der Waals surface area contributed by atoms with Crippen LogP contribution >= 0.6 is 31.5 Å². The van der Waals surface area contributed by atoms with Crippen LogP contribution in [-0.4, -0.2) is 38.5 Å². The molecule has 2 atom stereocenters. The molecule has 2 aromatic carbocycles. The minimum absolute atomic E-state index is 0.0362. The molecule has 3 rings (SSSR count). The van der Waals surface area contributed by atoms with E-state index < -0.39 is 25.0 Å². The first kappa shape index (κ1) is 21.7. The van der Waals surface area contributed by atoms with Crippen molar-refractivity contribution in [1.29, 1.82) is 0 Å². The van der Waals surface area contributed by atoms with Gasteiger partial charge in [0.1, 0.15) is 6.73 Å². The molecule has 0 fully saturated rings. The standard InChI is InChI=1S/C17H19Cl2N2O5PS/c1-21-8-15(14-6-12(18)7-17(19)16(14)9-21)11-3-2-4-13(5-11)28(24,25)20-10-26-27(22)23/h2-7,15,20,27H,8-10H2,1H3,(H,22,23). The number of rotatable bonds is 6. The maximum Gasteiger partial charge on any atom is 0.317 e. The van der Waals surface area contributed by atoms with E-state index in [1.165, 1.54) is 6.07 Å². The summed E-state index contributed by atoms with van der Waals surface area (Å²) in [6.07, 6.45) is 0. The molecule has 0 bridgehead atoms. The fourth-order valence-electron chi connectivity index (χ4n) is 3.28. The molecule has 2 aromatic rings. The van der Waals surface area contributed by atoms with Gasteiger partial charge in [-0.05, 0) is 48.0 Å². The quantitative estimate of drug-likeness (QED) is 0.503. The largest absolute Gasteiger partial charge is 0.326 e. The average molecular weight is 465 g/mol. The topological polar surface area (TPSA) is 95.9 Å². The van der Waals surface area contributed by atoms with Gasteiger partial charge in [-0.1, -0.05) is 35.3 Å². The lowest BCUT2D eigenvalue weighted by Crippen LogP contribution is -2.31. The molecule has 7 nitrogen and oxygen atoms in total. The zero-order valence-electron chi connectivity index (χ0n) is 14.9. The fraction of sp³-hybridized carbons (Fsp3) is 0.294. The Morgan fingerprint density at radius 2 is 2.07 bits per heavy atom. The van der Waals surface area contributed by atoms with Gasteiger partial charge >= 0.3 is 8.25 Å². The van der Waals surface area contributed by atoms with E-state index in [1.54, 1.807) is 18.2 Å². The van der Waals surface area contributed by atoms with E-state index in [2.05, 4.69) is 14.1 Å². The molecule has 152 valence electrons. The summed E-state index contributed by atoms with van der Waals surface area (Å²) < 4.78 is 42.0. The number of fused-ring (bicyclic) bond motifs is 1. The Morgan fingerprint density at radius 1 is 1.32 bits per heavy atom. The SMILES string of the molecule is CN1Cc2c(Cl)cc(Cl)cc2C(c2cccc(S(=O)(=O)NCO[PH](=O)O)c2)C1. The first-order valence-electron chi connectivity index (χ1n) is 8.29. The zero-order chi connectivity index (χ0) is 20.5. The molecule has 0 saturated carbocycles. The second-order valence-electron chi connectivity index (χ2n) is 6.48. The van der Waals surface area contributed by atoms with Crippen LogP contribution in [0.3, 0.4) is 0 Å². The van der Waals surface area contributed by atoms with E-state index >= 15 is 0 Å². The maximum absolute atomic E-state index is 12.5. The fourth-order valence-corrected chi connectivity index (χ4v) is 5.08. The van der Waals surface area contributed by atoms with E-state index in [-0.39, 0.29) is 10.8 Å². The Labute approximate surface area is 174 Å². The highest BCUT2D eigenvalue weighted by atomic mass is 35.5. The van der Waals surface area contributed by atoms with Crippen molar-refractivity contribution in [1.82, 2.24) is 9.62 Å². The minimum Gasteiger partial charge on any atom is -0.326 e. The van der Waals surface area contributed by atoms with E-state index in [0.717, 1.165) is 16.7 Å². The summed E-state index contributed by atoms with van der Waals surface area (Å²) in [5.41, 5.74) is 2.74. The van der Waals surface area contributed by atoms with Gasteiger partial charge in [-0.3, -0.25) is 9.09 Å². The molecule has 1 aliphatic rings. The Morgan fingerprint density at radius 3 is 2.79 bits per heavy atom. The van der Waals surface area contributed by atoms with Crippen LogP contribution in [0.4, 0.5) is 0 Å². The van der Waals surface area contributed by atoms with Crippen LogP contribution in [0.2, 0.25) is 10.0 Å². The van der Waals surface area contributed by atoms with Gasteiger partial charge in [0.25, 0.3) is 0 Å². The zero-order valence-corrected chi connectivity index (χ0v) is 18.2. The number of nitrogens with zero attached hydrogens (tertiary/aromatic N) is 1. The number of benzene rings is 2. The van der Waals surface area contributed by atoms with Gasteiger partial charge in [0.05, 0.1) is 4.90 Å². The molecule has 2 unspecified atom stereocenters. The number of hydrogen-bond acceptors (Lipinski definition) is 5. The molecule has 11 heteroatoms. The van der Waals surface area contributed by atoms with E-state index in [0.29, 0.717) is 23.1 Å². The van der Waals surface area contributed by atoms with Crippen LogP contribution in [0, 0.1) is 0 Å². The van der Waals surface area contributed by atoms with Crippen molar-refractivity contribution in [3.63, 3.8) is 0 Å². The lowest BCUT2D eigenvalue weighted by atomic mass is 9.85. The van der Waals surface area contributed by atoms with Crippen molar-refractivity contribution in [3.05, 3.63) is 63.1 Å². The molecule has 0 radical (unpaired) electrons. The second-order valence-corrected chi connectivity index (χ2v) is 9.91. The summed E-state index contributed by atoms with van der Waals surface area (Å²) in [6, 6.07) is 10.1. The number of sulfonamides is 1. The van der Waals surface area contributed by atoms with Gasteiger partial charge in [0, 0.05) is 29.1 Å². The molecule has 0 aliphatic carbocycles. The predicted molar refractivity (Wildman–Crippen MR) is 109 cm³/mol. The Bertz CT molecular complexity index is 1020. The normalized spacial score (nSPS) is 18.6. The van der Waals surface area contributed by atoms with Gasteiger partial charge < -0.3 is 9.79 Å². The van der Waals surface area contributed by atoms with Crippen LogP contribution in [0.1, 0.15) is 22.6 Å². The van der Waals surface area contributed by atoms with Gasteiger partial charge in [0.2, 0.25) is 10.0 Å². The van der Waals surface area contributed by atoms with Crippen molar-refractivity contribution >= 4 is 41.5 Å². The van der Waals surface area contributed by atoms with Gasteiger partial charge in [-0.2, -0.15) is 4.72 Å². The third-order valence-electron chi connectivity index (χ3n) is 4.51. The molecule has 0 saturated heterocycles. The smallest absolute Gasteiger partial charge is 0.317 e. The third kappa shape index (κ3) is 4.96. The number of likely N-dealkylation sites (N-methyl/N-ethyl adjacent to an activating group) is 1. The molecule has 0 amide bonds. The molecule has 1 heterocycles. The van der Waals surface area contributed by atoms with E-state index in [4.69, 9.17) is 28.1 Å². The summed E-state index contributed by atoms with van der Waals surface area (Å²) in [4.78, 5) is 10.8. The van der Waals surface area contributed by atoms with E-state index in [9.17, 15) is 13.0 Å². The van der Waals surface area contributed by atoms with Crippen LogP contribution in [0.15, 0.2) is 41.3 Å². The molecule has 1 aliphatic heterocycles.